The Kier molecular flexibility index (Phi) is 13.0. The minimum absolute atomic E-state index is 0.127. The van der Waals surface area contributed by atoms with Crippen molar-refractivity contribution in [3.63, 3.8) is 0 Å². The van der Waals surface area contributed by atoms with E-state index in [2.05, 4.69) is 236 Å². The third-order valence-electron chi connectivity index (χ3n) is 16.0. The van der Waals surface area contributed by atoms with E-state index in [4.69, 9.17) is 9.97 Å². The highest BCUT2D eigenvalue weighted by Gasteiger charge is 2.28. The van der Waals surface area contributed by atoms with E-state index < -0.39 is 0 Å². The van der Waals surface area contributed by atoms with E-state index in [-0.39, 0.29) is 22.0 Å². The zero-order valence-corrected chi connectivity index (χ0v) is 45.0. The average molecular weight is 980 g/mol. The number of aromatic hydroxyl groups is 1. The minimum atomic E-state index is -0.219. The van der Waals surface area contributed by atoms with Crippen LogP contribution in [0.4, 0.5) is 0 Å². The van der Waals surface area contributed by atoms with Crippen molar-refractivity contribution in [2.45, 2.75) is 104 Å². The van der Waals surface area contributed by atoms with Crippen LogP contribution < -0.4 is 0 Å². The van der Waals surface area contributed by atoms with Crippen molar-refractivity contribution < 1.29 is 5.11 Å². The van der Waals surface area contributed by atoms with Crippen molar-refractivity contribution in [3.8, 4) is 78.6 Å². The minimum Gasteiger partial charge on any atom is -0.507 e. The molecule has 2 aromatic heterocycles. The molecule has 1 fully saturated rings. The van der Waals surface area contributed by atoms with Gasteiger partial charge in [0, 0.05) is 33.9 Å². The second kappa shape index (κ2) is 19.8. The van der Waals surface area contributed by atoms with Crippen LogP contribution in [0.3, 0.4) is 0 Å². The number of imidazole rings is 1. The van der Waals surface area contributed by atoms with Crippen LogP contribution in [0.1, 0.15) is 109 Å². The molecule has 0 spiro atoms. The van der Waals surface area contributed by atoms with E-state index in [1.165, 1.54) is 47.9 Å². The first kappa shape index (κ1) is 49.4. The normalized spacial score (nSPS) is 13.4. The maximum absolute atomic E-state index is 12.8. The quantitative estimate of drug-likeness (QED) is 0.140. The summed E-state index contributed by atoms with van der Waals surface area (Å²) >= 11 is 0. The van der Waals surface area contributed by atoms with Crippen molar-refractivity contribution in [2.75, 3.05) is 0 Å². The molecule has 1 aliphatic carbocycles. The Labute approximate surface area is 444 Å². The lowest BCUT2D eigenvalue weighted by molar-refractivity contribution is 0.477. The number of phenolic OH excluding ortho intramolecular Hbond substituents is 1. The van der Waals surface area contributed by atoms with Gasteiger partial charge < -0.3 is 5.11 Å². The molecule has 0 aliphatic heterocycles. The van der Waals surface area contributed by atoms with Gasteiger partial charge in [0.1, 0.15) is 11.6 Å². The maximum atomic E-state index is 12.8. The molecule has 0 saturated heterocycles. The number of pyridine rings is 1. The predicted molar refractivity (Wildman–Crippen MR) is 315 cm³/mol. The number of phenols is 1. The molecule has 11 rings (SSSR count). The SMILES string of the molecule is CC(C)(C)c1cc(-c2cc(-c3ccc(C(C)(C)c4ccccc4)cc3)ccn2)cc(-c2cccc3c2nc(-c2cc(C(C)(C)C)cc(-c4ccccc4)c2O)n3-c2ccc(CC3CCCC3)cc2-c2ccccc2)c1. The molecule has 0 unspecified atom stereocenters. The standard InChI is InChI=1S/C71H69N3O/c1-69(2,3)57-42-53(41-54(43-57)63-44-52(37-38-72-63)49-32-34-56(35-33-49)71(7,8)55-27-16-11-17-28-55)59-29-20-30-65-66(59)73-68(62-46-58(70(4,5)6)45-61(67(62)75)51-25-14-10-15-26-51)74(65)64-36-31-48(39-47-21-18-19-22-47)40-60(64)50-23-12-9-13-24-50/h9-17,20,23-38,40-47,75H,18-19,21-22,39H2,1-8H3. The summed E-state index contributed by atoms with van der Waals surface area (Å²) in [5, 5.41) is 12.8. The number of nitrogens with zero attached hydrogens (tertiary/aromatic N) is 3. The lowest BCUT2D eigenvalue weighted by Crippen LogP contribution is -2.18. The third kappa shape index (κ3) is 9.87. The molecular formula is C71H69N3O. The summed E-state index contributed by atoms with van der Waals surface area (Å²) in [4.78, 5) is 10.8. The Morgan fingerprint density at radius 1 is 0.467 bits per heavy atom. The molecular weight excluding hydrogens is 911 g/mol. The van der Waals surface area contributed by atoms with Crippen LogP contribution in [0.25, 0.3) is 83.9 Å². The number of para-hydroxylation sites is 1. The average Bonchev–Trinajstić information content (AvgIpc) is 4.12. The second-order valence-corrected chi connectivity index (χ2v) is 23.6. The number of aromatic nitrogens is 3. The molecule has 8 aromatic carbocycles. The van der Waals surface area contributed by atoms with Gasteiger partial charge in [-0.3, -0.25) is 9.55 Å². The van der Waals surface area contributed by atoms with Gasteiger partial charge in [-0.1, -0.05) is 221 Å². The largest absolute Gasteiger partial charge is 0.507 e. The van der Waals surface area contributed by atoms with Gasteiger partial charge >= 0.3 is 0 Å². The molecule has 0 amide bonds. The van der Waals surface area contributed by atoms with Gasteiger partial charge in [0.2, 0.25) is 0 Å². The molecule has 1 saturated carbocycles. The van der Waals surface area contributed by atoms with Gasteiger partial charge in [0.05, 0.1) is 28.0 Å². The van der Waals surface area contributed by atoms with E-state index in [0.717, 1.165) is 84.5 Å². The molecule has 2 heterocycles. The first-order valence-electron chi connectivity index (χ1n) is 27.0. The topological polar surface area (TPSA) is 50.9 Å². The highest BCUT2D eigenvalue weighted by molar-refractivity contribution is 5.98. The van der Waals surface area contributed by atoms with Gasteiger partial charge in [0.25, 0.3) is 0 Å². The van der Waals surface area contributed by atoms with Crippen LogP contribution in [0.2, 0.25) is 0 Å². The fourth-order valence-electron chi connectivity index (χ4n) is 11.4. The summed E-state index contributed by atoms with van der Waals surface area (Å²) < 4.78 is 2.32. The Morgan fingerprint density at radius 2 is 1.07 bits per heavy atom. The first-order chi connectivity index (χ1) is 36.1. The summed E-state index contributed by atoms with van der Waals surface area (Å²) in [5.74, 6) is 1.61. The first-order valence-corrected chi connectivity index (χ1v) is 27.0. The zero-order chi connectivity index (χ0) is 52.1. The molecule has 0 atom stereocenters. The van der Waals surface area contributed by atoms with Crippen molar-refractivity contribution in [1.82, 2.24) is 14.5 Å². The zero-order valence-electron chi connectivity index (χ0n) is 45.0. The van der Waals surface area contributed by atoms with Crippen molar-refractivity contribution in [3.05, 3.63) is 228 Å². The Bertz CT molecular complexity index is 3660. The van der Waals surface area contributed by atoms with E-state index in [1.54, 1.807) is 0 Å². The van der Waals surface area contributed by atoms with E-state index in [0.29, 0.717) is 17.3 Å². The Hall–Kier alpha value is -7.82. The number of hydrogen-bond donors (Lipinski definition) is 1. The van der Waals surface area contributed by atoms with Crippen LogP contribution in [-0.2, 0) is 22.7 Å². The van der Waals surface area contributed by atoms with Gasteiger partial charge in [-0.2, -0.15) is 0 Å². The molecule has 4 nitrogen and oxygen atoms in total. The van der Waals surface area contributed by atoms with Gasteiger partial charge in [-0.15, -0.1) is 0 Å². The second-order valence-electron chi connectivity index (χ2n) is 23.6. The lowest BCUT2D eigenvalue weighted by Gasteiger charge is -2.26. The highest BCUT2D eigenvalue weighted by atomic mass is 16.3. The fraction of sp³-hybridized carbons (Fsp3) is 0.239. The molecule has 374 valence electrons. The molecule has 75 heavy (non-hydrogen) atoms. The summed E-state index contributed by atoms with van der Waals surface area (Å²) in [7, 11) is 0. The van der Waals surface area contributed by atoms with Crippen molar-refractivity contribution in [1.29, 1.82) is 0 Å². The molecule has 4 heteroatoms. The molecule has 1 N–H and O–H groups in total. The van der Waals surface area contributed by atoms with Crippen LogP contribution >= 0.6 is 0 Å². The third-order valence-corrected chi connectivity index (χ3v) is 16.0. The lowest BCUT2D eigenvalue weighted by atomic mass is 9.78. The van der Waals surface area contributed by atoms with E-state index in [9.17, 15) is 5.11 Å². The smallest absolute Gasteiger partial charge is 0.149 e. The van der Waals surface area contributed by atoms with Crippen LogP contribution in [0, 0.1) is 5.92 Å². The van der Waals surface area contributed by atoms with E-state index >= 15 is 0 Å². The Morgan fingerprint density at radius 3 is 1.73 bits per heavy atom. The van der Waals surface area contributed by atoms with Crippen LogP contribution in [0.15, 0.2) is 200 Å². The van der Waals surface area contributed by atoms with Gasteiger partial charge in [0.15, 0.2) is 0 Å². The van der Waals surface area contributed by atoms with Crippen LogP contribution in [-0.4, -0.2) is 19.6 Å². The monoisotopic (exact) mass is 980 g/mol. The van der Waals surface area contributed by atoms with Crippen molar-refractivity contribution >= 4 is 11.0 Å². The molecule has 1 aliphatic rings. The number of benzene rings is 8. The molecule has 10 aromatic rings. The summed E-state index contributed by atoms with van der Waals surface area (Å²) in [6.45, 7) is 18.1. The summed E-state index contributed by atoms with van der Waals surface area (Å²) in [6.07, 6.45) is 8.22. The van der Waals surface area contributed by atoms with Gasteiger partial charge in [-0.25, -0.2) is 4.98 Å². The predicted octanol–water partition coefficient (Wildman–Crippen LogP) is 18.8. The number of rotatable bonds is 11. The molecule has 0 bridgehead atoms. The maximum Gasteiger partial charge on any atom is 0.149 e. The summed E-state index contributed by atoms with van der Waals surface area (Å²) in [6, 6.07) is 70.1. The highest BCUT2D eigenvalue weighted by Crippen LogP contribution is 2.46. The summed E-state index contributed by atoms with van der Waals surface area (Å²) in [5.41, 5.74) is 19.6. The Balaban J connectivity index is 1.11. The fourth-order valence-corrected chi connectivity index (χ4v) is 11.4. The number of hydrogen-bond acceptors (Lipinski definition) is 3. The van der Waals surface area contributed by atoms with Crippen LogP contribution in [0.5, 0.6) is 5.75 Å². The molecule has 0 radical (unpaired) electrons. The number of fused-ring (bicyclic) bond motifs is 1. The van der Waals surface area contributed by atoms with Gasteiger partial charge in [-0.05, 0) is 133 Å². The van der Waals surface area contributed by atoms with E-state index in [1.807, 2.05) is 24.4 Å². The van der Waals surface area contributed by atoms with Crippen molar-refractivity contribution in [2.24, 2.45) is 5.92 Å².